The molecule has 0 saturated carbocycles. The molecule has 4 aromatic rings. The van der Waals surface area contributed by atoms with Crippen LogP contribution in [0.15, 0.2) is 68.9 Å². The molecule has 3 heterocycles. The number of furan rings is 1. The van der Waals surface area contributed by atoms with Crippen molar-refractivity contribution in [3.05, 3.63) is 69.9 Å². The largest absolute Gasteiger partial charge is 0.477 e. The van der Waals surface area contributed by atoms with Crippen LogP contribution in [-0.2, 0) is 11.3 Å². The van der Waals surface area contributed by atoms with Crippen molar-refractivity contribution in [2.75, 3.05) is 5.32 Å². The van der Waals surface area contributed by atoms with Gasteiger partial charge in [0, 0.05) is 11.0 Å². The average molecular weight is 442 g/mol. The van der Waals surface area contributed by atoms with Gasteiger partial charge < -0.3 is 14.8 Å². The standard InChI is InChI=1S/C21H13ClN2O3S2/c22-17-9-16-21(27-17)24(11-20(25)26)19(29-16)10-18-23-14-8-13(6-7-15(14)28-18)12-4-2-1-3-5-12/h1-10H,11H2,(H,25,26)/p+1. The number of hydrogen-bond acceptors (Lipinski definition) is 5. The average Bonchev–Trinajstić information content (AvgIpc) is 3.35. The second-order valence-corrected chi connectivity index (χ2v) is 8.97. The molecule has 1 aliphatic rings. The predicted molar refractivity (Wildman–Crippen MR) is 116 cm³/mol. The molecular weight excluding hydrogens is 428 g/mol. The molecule has 2 aromatic heterocycles. The lowest BCUT2D eigenvalue weighted by Crippen LogP contribution is -2.39. The van der Waals surface area contributed by atoms with Crippen molar-refractivity contribution in [2.24, 2.45) is 0 Å². The number of thiazole rings is 1. The summed E-state index contributed by atoms with van der Waals surface area (Å²) in [5, 5.41) is 14.7. The fraction of sp³-hybridized carbons (Fsp3) is 0.0476. The van der Waals surface area contributed by atoms with Gasteiger partial charge in [-0.3, -0.25) is 0 Å². The number of carbonyl (C=O) groups is 1. The lowest BCUT2D eigenvalue weighted by Gasteiger charge is -2.04. The Bertz CT molecular complexity index is 1280. The van der Waals surface area contributed by atoms with Crippen LogP contribution in [0.3, 0.4) is 0 Å². The summed E-state index contributed by atoms with van der Waals surface area (Å²) in [6.07, 6.45) is 1.95. The van der Waals surface area contributed by atoms with Gasteiger partial charge in [0.05, 0.1) is 16.8 Å². The third-order valence-corrected chi connectivity index (χ3v) is 6.75. The van der Waals surface area contributed by atoms with Gasteiger partial charge in [0.2, 0.25) is 11.8 Å². The molecule has 1 aliphatic heterocycles. The van der Waals surface area contributed by atoms with Gasteiger partial charge in [0.25, 0.3) is 5.01 Å². The first kappa shape index (κ1) is 18.3. The molecule has 0 bridgehead atoms. The molecule has 29 heavy (non-hydrogen) atoms. The lowest BCUT2D eigenvalue weighted by molar-refractivity contribution is -0.663. The summed E-state index contributed by atoms with van der Waals surface area (Å²) in [5.41, 5.74) is 3.81. The maximum Gasteiger partial charge on any atom is 0.394 e. The van der Waals surface area contributed by atoms with Crippen LogP contribution >= 0.6 is 34.7 Å². The van der Waals surface area contributed by atoms with Crippen LogP contribution in [0.1, 0.15) is 5.01 Å². The van der Waals surface area contributed by atoms with Crippen molar-refractivity contribution in [3.8, 4) is 11.1 Å². The van der Waals surface area contributed by atoms with Crippen molar-refractivity contribution in [1.82, 2.24) is 0 Å². The molecule has 0 fully saturated rings. The van der Waals surface area contributed by atoms with E-state index in [1.54, 1.807) is 22.4 Å². The molecule has 0 amide bonds. The van der Waals surface area contributed by atoms with Gasteiger partial charge in [-0.25, -0.2) is 4.79 Å². The number of anilines is 1. The zero-order valence-corrected chi connectivity index (χ0v) is 17.3. The topological polar surface area (TPSA) is 66.3 Å². The van der Waals surface area contributed by atoms with Crippen molar-refractivity contribution >= 4 is 62.8 Å². The lowest BCUT2D eigenvalue weighted by atomic mass is 10.1. The minimum atomic E-state index is -0.940. The molecule has 2 aromatic carbocycles. The molecule has 2 N–H and O–H groups in total. The Morgan fingerprint density at radius 3 is 2.79 bits per heavy atom. The first-order chi connectivity index (χ1) is 14.1. The highest BCUT2D eigenvalue weighted by Crippen LogP contribution is 2.43. The van der Waals surface area contributed by atoms with E-state index in [1.807, 2.05) is 24.3 Å². The number of thioether (sulfide) groups is 1. The normalized spacial score (nSPS) is 14.3. The second-order valence-electron chi connectivity index (χ2n) is 6.45. The number of nitrogens with one attached hydrogen (secondary N) is 1. The minimum Gasteiger partial charge on any atom is -0.477 e. The van der Waals surface area contributed by atoms with E-state index in [-0.39, 0.29) is 11.8 Å². The maximum atomic E-state index is 11.3. The summed E-state index contributed by atoms with van der Waals surface area (Å²) in [6.45, 7) is -0.196. The Morgan fingerprint density at radius 2 is 2.00 bits per heavy atom. The zero-order valence-electron chi connectivity index (χ0n) is 14.9. The second kappa shape index (κ2) is 7.26. The van der Waals surface area contributed by atoms with Crippen molar-refractivity contribution in [1.29, 1.82) is 0 Å². The first-order valence-corrected chi connectivity index (χ1v) is 10.8. The zero-order chi connectivity index (χ0) is 20.0. The molecule has 0 atom stereocenters. The first-order valence-electron chi connectivity index (χ1n) is 8.76. The third kappa shape index (κ3) is 3.53. The number of aromatic nitrogens is 1. The molecule has 5 nitrogen and oxygen atoms in total. The van der Waals surface area contributed by atoms with Crippen LogP contribution in [0, 0.1) is 0 Å². The van der Waals surface area contributed by atoms with E-state index >= 15 is 0 Å². The Morgan fingerprint density at radius 1 is 1.17 bits per heavy atom. The molecule has 0 aliphatic carbocycles. The molecule has 8 heteroatoms. The van der Waals surface area contributed by atoms with Crippen LogP contribution in [0.4, 0.5) is 5.69 Å². The van der Waals surface area contributed by atoms with Gasteiger partial charge in [-0.15, -0.1) is 4.57 Å². The summed E-state index contributed by atoms with van der Waals surface area (Å²) in [6, 6.07) is 18.3. The molecule has 5 rings (SSSR count). The summed E-state index contributed by atoms with van der Waals surface area (Å²) >= 11 is 8.99. The van der Waals surface area contributed by atoms with Gasteiger partial charge in [-0.05, 0) is 34.9 Å². The van der Waals surface area contributed by atoms with Crippen molar-refractivity contribution in [2.45, 2.75) is 11.4 Å². The van der Waals surface area contributed by atoms with Gasteiger partial charge in [0.1, 0.15) is 0 Å². The Hall–Kier alpha value is -2.74. The van der Waals surface area contributed by atoms with E-state index in [2.05, 4.69) is 35.6 Å². The third-order valence-electron chi connectivity index (χ3n) is 4.49. The summed E-state index contributed by atoms with van der Waals surface area (Å²) in [4.78, 5) is 12.5. The highest BCUT2D eigenvalue weighted by Gasteiger charge is 2.27. The van der Waals surface area contributed by atoms with Crippen molar-refractivity contribution < 1.29 is 18.9 Å². The summed E-state index contributed by atoms with van der Waals surface area (Å²) in [7, 11) is 0. The molecule has 0 spiro atoms. The Balaban J connectivity index is 1.49. The number of halogens is 1. The number of nitrogens with zero attached hydrogens (tertiary/aromatic N) is 1. The number of aliphatic carboxylic acids is 1. The SMILES string of the molecule is O=C(O)C[n+]1c(/C=C2/Nc3cc(-c4ccccc4)ccc3S2)sc2cc(Cl)oc21. The molecule has 0 unspecified atom stereocenters. The summed E-state index contributed by atoms with van der Waals surface area (Å²) < 4.78 is 7.93. The number of carboxylic acid groups (broad SMARTS) is 1. The minimum absolute atomic E-state index is 0.196. The van der Waals surface area contributed by atoms with Crippen LogP contribution in [0.5, 0.6) is 0 Å². The predicted octanol–water partition coefficient (Wildman–Crippen LogP) is 5.70. The molecule has 0 radical (unpaired) electrons. The van der Waals surface area contributed by atoms with E-state index < -0.39 is 5.97 Å². The number of benzene rings is 2. The Labute approximate surface area is 179 Å². The Kier molecular flexibility index (Phi) is 4.58. The van der Waals surface area contributed by atoms with E-state index in [0.29, 0.717) is 5.71 Å². The molecule has 0 saturated heterocycles. The number of rotatable bonds is 4. The monoisotopic (exact) mass is 441 g/mol. The van der Waals surface area contributed by atoms with Crippen LogP contribution < -0.4 is 9.88 Å². The van der Waals surface area contributed by atoms with Gasteiger partial charge in [0.15, 0.2) is 4.70 Å². The number of hydrogen-bond donors (Lipinski definition) is 2. The van der Waals surface area contributed by atoms with Gasteiger partial charge in [-0.2, -0.15) is 0 Å². The summed E-state index contributed by atoms with van der Waals surface area (Å²) in [5.74, 6) is -0.940. The van der Waals surface area contributed by atoms with E-state index in [1.165, 1.54) is 11.3 Å². The molecule has 144 valence electrons. The van der Waals surface area contributed by atoms with Gasteiger partial charge >= 0.3 is 11.7 Å². The van der Waals surface area contributed by atoms with Crippen LogP contribution in [0.25, 0.3) is 27.6 Å². The van der Waals surface area contributed by atoms with E-state index in [9.17, 15) is 9.90 Å². The van der Waals surface area contributed by atoms with Crippen LogP contribution in [-0.4, -0.2) is 11.1 Å². The van der Waals surface area contributed by atoms with E-state index in [4.69, 9.17) is 16.0 Å². The highest BCUT2D eigenvalue weighted by molar-refractivity contribution is 8.03. The van der Waals surface area contributed by atoms with Crippen molar-refractivity contribution in [3.63, 3.8) is 0 Å². The fourth-order valence-corrected chi connectivity index (χ4v) is 5.55. The number of fused-ring (bicyclic) bond motifs is 2. The quantitative estimate of drug-likeness (QED) is 0.397. The fourth-order valence-electron chi connectivity index (χ4n) is 3.24. The number of carboxylic acids is 1. The molecular formula is C21H14ClN2O3S2+. The maximum absolute atomic E-state index is 11.3. The van der Waals surface area contributed by atoms with Crippen LogP contribution in [0.2, 0.25) is 5.22 Å². The van der Waals surface area contributed by atoms with Gasteiger partial charge in [-0.1, -0.05) is 59.5 Å². The smallest absolute Gasteiger partial charge is 0.394 e. The van der Waals surface area contributed by atoms with E-state index in [0.717, 1.165) is 36.4 Å². The highest BCUT2D eigenvalue weighted by atomic mass is 35.5.